The lowest BCUT2D eigenvalue weighted by Crippen LogP contribution is -2.39. The molecule has 0 spiro atoms. The second-order valence-electron chi connectivity index (χ2n) is 7.47. The lowest BCUT2D eigenvalue weighted by molar-refractivity contribution is -0.274. The Hall–Kier alpha value is -2.06. The summed E-state index contributed by atoms with van der Waals surface area (Å²) >= 11 is 0. The Kier molecular flexibility index (Phi) is 5.59. The highest BCUT2D eigenvalue weighted by atomic mass is 19.4. The number of rotatable bonds is 6. The van der Waals surface area contributed by atoms with E-state index >= 15 is 0 Å². The number of likely N-dealkylation sites (tertiary alicyclic amines) is 1. The van der Waals surface area contributed by atoms with Gasteiger partial charge in [0.25, 0.3) is 0 Å². The molecule has 4 rings (SSSR count). The lowest BCUT2D eigenvalue weighted by atomic mass is 9.97. The fraction of sp³-hybridized carbons (Fsp3) is 0.550. The molecule has 28 heavy (non-hydrogen) atoms. The Morgan fingerprint density at radius 1 is 1.14 bits per heavy atom. The summed E-state index contributed by atoms with van der Waals surface area (Å²) in [5, 5.41) is 3.37. The molecule has 5 nitrogen and oxygen atoms in total. The van der Waals surface area contributed by atoms with Crippen LogP contribution in [0.1, 0.15) is 31.0 Å². The van der Waals surface area contributed by atoms with E-state index in [0.717, 1.165) is 57.9 Å². The van der Waals surface area contributed by atoms with Crippen molar-refractivity contribution in [3.63, 3.8) is 0 Å². The summed E-state index contributed by atoms with van der Waals surface area (Å²) in [4.78, 5) is 7.25. The molecular formula is C20H25F3N4O. The van der Waals surface area contributed by atoms with Gasteiger partial charge in [-0.1, -0.05) is 12.1 Å². The molecule has 0 bridgehead atoms. The monoisotopic (exact) mass is 394 g/mol. The van der Waals surface area contributed by atoms with E-state index in [4.69, 9.17) is 4.98 Å². The predicted octanol–water partition coefficient (Wildman–Crippen LogP) is 3.62. The molecule has 0 atom stereocenters. The summed E-state index contributed by atoms with van der Waals surface area (Å²) < 4.78 is 43.9. The van der Waals surface area contributed by atoms with Gasteiger partial charge in [-0.05, 0) is 57.6 Å². The SMILES string of the molecule is FC(F)(F)Oc1cccc(-c2cn(CCN3CCC3)c(C3CCNCC3)n2)c1. The third kappa shape index (κ3) is 4.67. The summed E-state index contributed by atoms with van der Waals surface area (Å²) in [6, 6.07) is 6.06. The van der Waals surface area contributed by atoms with Crippen LogP contribution in [-0.2, 0) is 6.54 Å². The zero-order valence-electron chi connectivity index (χ0n) is 15.7. The molecule has 2 aliphatic heterocycles. The van der Waals surface area contributed by atoms with E-state index in [0.29, 0.717) is 17.2 Å². The first-order valence-electron chi connectivity index (χ1n) is 9.84. The Labute approximate surface area is 162 Å². The molecule has 0 aliphatic carbocycles. The standard InChI is InChI=1S/C20H25F3N4O/c21-20(22,23)28-17-4-1-3-16(13-17)18-14-27(12-11-26-9-2-10-26)19(25-18)15-5-7-24-8-6-15/h1,3-4,13-15,24H,2,5-12H2. The number of ether oxygens (including phenoxy) is 1. The van der Waals surface area contributed by atoms with Gasteiger partial charge < -0.3 is 19.5 Å². The van der Waals surface area contributed by atoms with Crippen molar-refractivity contribution in [2.45, 2.75) is 38.1 Å². The van der Waals surface area contributed by atoms with Gasteiger partial charge in [0.15, 0.2) is 0 Å². The molecule has 1 aromatic carbocycles. The zero-order chi connectivity index (χ0) is 19.6. The van der Waals surface area contributed by atoms with Crippen LogP contribution in [0.5, 0.6) is 5.75 Å². The van der Waals surface area contributed by atoms with Gasteiger partial charge in [-0.25, -0.2) is 4.98 Å². The number of piperidine rings is 1. The van der Waals surface area contributed by atoms with Crippen molar-refractivity contribution in [3.05, 3.63) is 36.3 Å². The quantitative estimate of drug-likeness (QED) is 0.813. The molecule has 0 radical (unpaired) electrons. The highest BCUT2D eigenvalue weighted by molar-refractivity contribution is 5.61. The van der Waals surface area contributed by atoms with Crippen molar-refractivity contribution in [1.29, 1.82) is 0 Å². The summed E-state index contributed by atoms with van der Waals surface area (Å²) in [7, 11) is 0. The van der Waals surface area contributed by atoms with E-state index in [1.54, 1.807) is 12.1 Å². The van der Waals surface area contributed by atoms with Crippen LogP contribution in [0, 0.1) is 0 Å². The van der Waals surface area contributed by atoms with Gasteiger partial charge in [0, 0.05) is 30.8 Å². The number of alkyl halides is 3. The number of hydrogen-bond donors (Lipinski definition) is 1. The van der Waals surface area contributed by atoms with Gasteiger partial charge in [0.1, 0.15) is 11.6 Å². The maximum atomic E-state index is 12.5. The lowest BCUT2D eigenvalue weighted by Gasteiger charge is -2.31. The number of hydrogen-bond acceptors (Lipinski definition) is 4. The van der Waals surface area contributed by atoms with Gasteiger partial charge in [0.05, 0.1) is 5.69 Å². The number of nitrogens with zero attached hydrogens (tertiary/aromatic N) is 3. The largest absolute Gasteiger partial charge is 0.573 e. The molecule has 0 amide bonds. The molecule has 0 unspecified atom stereocenters. The van der Waals surface area contributed by atoms with Gasteiger partial charge in [-0.2, -0.15) is 0 Å². The van der Waals surface area contributed by atoms with Crippen molar-refractivity contribution < 1.29 is 17.9 Å². The van der Waals surface area contributed by atoms with E-state index in [1.165, 1.54) is 18.6 Å². The molecular weight excluding hydrogens is 369 g/mol. The Bertz CT molecular complexity index is 795. The molecule has 0 saturated carbocycles. The zero-order valence-corrected chi connectivity index (χ0v) is 15.7. The summed E-state index contributed by atoms with van der Waals surface area (Å²) in [6.45, 7) is 6.04. The molecule has 2 fully saturated rings. The smallest absolute Gasteiger partial charge is 0.406 e. The van der Waals surface area contributed by atoms with Crippen LogP contribution in [-0.4, -0.2) is 53.5 Å². The molecule has 3 heterocycles. The topological polar surface area (TPSA) is 42.3 Å². The van der Waals surface area contributed by atoms with Gasteiger partial charge in [0.2, 0.25) is 0 Å². The minimum absolute atomic E-state index is 0.219. The van der Waals surface area contributed by atoms with Crippen molar-refractivity contribution in [2.75, 3.05) is 32.7 Å². The summed E-state index contributed by atoms with van der Waals surface area (Å²) in [5.41, 5.74) is 1.34. The van der Waals surface area contributed by atoms with E-state index in [9.17, 15) is 13.2 Å². The van der Waals surface area contributed by atoms with E-state index < -0.39 is 6.36 Å². The van der Waals surface area contributed by atoms with Crippen LogP contribution in [0.2, 0.25) is 0 Å². The Balaban J connectivity index is 1.59. The molecule has 2 saturated heterocycles. The van der Waals surface area contributed by atoms with Crippen LogP contribution < -0.4 is 10.1 Å². The fourth-order valence-corrected chi connectivity index (χ4v) is 3.86. The molecule has 1 aromatic heterocycles. The molecule has 152 valence electrons. The van der Waals surface area contributed by atoms with Crippen LogP contribution >= 0.6 is 0 Å². The molecule has 8 heteroatoms. The van der Waals surface area contributed by atoms with Crippen LogP contribution in [0.15, 0.2) is 30.5 Å². The first-order chi connectivity index (χ1) is 13.5. The van der Waals surface area contributed by atoms with Gasteiger partial charge in [-0.3, -0.25) is 0 Å². The number of benzene rings is 1. The highest BCUT2D eigenvalue weighted by Gasteiger charge is 2.31. The normalized spacial score (nSPS) is 18.8. The van der Waals surface area contributed by atoms with Crippen LogP contribution in [0.4, 0.5) is 13.2 Å². The highest BCUT2D eigenvalue weighted by Crippen LogP contribution is 2.31. The maximum absolute atomic E-state index is 12.5. The van der Waals surface area contributed by atoms with E-state index in [-0.39, 0.29) is 5.75 Å². The van der Waals surface area contributed by atoms with E-state index in [1.807, 2.05) is 6.20 Å². The van der Waals surface area contributed by atoms with Crippen molar-refractivity contribution in [2.24, 2.45) is 0 Å². The Morgan fingerprint density at radius 2 is 1.93 bits per heavy atom. The number of nitrogens with one attached hydrogen (secondary N) is 1. The van der Waals surface area contributed by atoms with Crippen LogP contribution in [0.25, 0.3) is 11.3 Å². The van der Waals surface area contributed by atoms with Gasteiger partial charge >= 0.3 is 6.36 Å². The first kappa shape index (κ1) is 19.3. The second-order valence-corrected chi connectivity index (χ2v) is 7.47. The van der Waals surface area contributed by atoms with E-state index in [2.05, 4.69) is 19.5 Å². The van der Waals surface area contributed by atoms with Crippen molar-refractivity contribution in [3.8, 4) is 17.0 Å². The fourth-order valence-electron chi connectivity index (χ4n) is 3.86. The molecule has 1 N–H and O–H groups in total. The number of aromatic nitrogens is 2. The summed E-state index contributed by atoms with van der Waals surface area (Å²) in [5.74, 6) is 1.20. The summed E-state index contributed by atoms with van der Waals surface area (Å²) in [6.07, 6.45) is 0.580. The number of halogens is 3. The average molecular weight is 394 g/mol. The van der Waals surface area contributed by atoms with Crippen molar-refractivity contribution in [1.82, 2.24) is 19.8 Å². The Morgan fingerprint density at radius 3 is 2.61 bits per heavy atom. The van der Waals surface area contributed by atoms with Crippen molar-refractivity contribution >= 4 is 0 Å². The predicted molar refractivity (Wildman–Crippen MR) is 100 cm³/mol. The minimum atomic E-state index is -4.70. The number of imidazole rings is 1. The second kappa shape index (κ2) is 8.13. The van der Waals surface area contributed by atoms with Crippen LogP contribution in [0.3, 0.4) is 0 Å². The maximum Gasteiger partial charge on any atom is 0.573 e. The first-order valence-corrected chi connectivity index (χ1v) is 9.84. The molecule has 2 aromatic rings. The third-order valence-electron chi connectivity index (χ3n) is 5.48. The third-order valence-corrected chi connectivity index (χ3v) is 5.48. The van der Waals surface area contributed by atoms with Gasteiger partial charge in [-0.15, -0.1) is 13.2 Å². The average Bonchev–Trinajstić information content (AvgIpc) is 3.04. The molecule has 2 aliphatic rings. The minimum Gasteiger partial charge on any atom is -0.406 e.